The molecule has 0 heterocycles. The van der Waals surface area contributed by atoms with Gasteiger partial charge in [-0.25, -0.2) is 18.2 Å². The zero-order chi connectivity index (χ0) is 20.9. The van der Waals surface area contributed by atoms with E-state index in [4.69, 9.17) is 16.3 Å². The van der Waals surface area contributed by atoms with Gasteiger partial charge in [-0.1, -0.05) is 23.7 Å². The second kappa shape index (κ2) is 9.13. The molecule has 7 nitrogen and oxygen atoms in total. The van der Waals surface area contributed by atoms with Crippen LogP contribution in [0.5, 0.6) is 5.75 Å². The molecule has 0 radical (unpaired) electrons. The molecule has 28 heavy (non-hydrogen) atoms. The zero-order valence-electron chi connectivity index (χ0n) is 15.4. The Balaban J connectivity index is 2.09. The Morgan fingerprint density at radius 1 is 1.36 bits per heavy atom. The highest BCUT2D eigenvalue weighted by atomic mass is 35.5. The van der Waals surface area contributed by atoms with Gasteiger partial charge in [-0.3, -0.25) is 4.79 Å². The number of halogens is 2. The third-order valence-corrected chi connectivity index (χ3v) is 5.91. The molecule has 2 aromatic rings. The van der Waals surface area contributed by atoms with Crippen molar-refractivity contribution in [3.8, 4) is 5.75 Å². The van der Waals surface area contributed by atoms with Crippen LogP contribution in [0.2, 0.25) is 5.02 Å². The number of hydrogen-bond donors (Lipinski definition) is 1. The molecule has 0 aliphatic carbocycles. The van der Waals surface area contributed by atoms with Gasteiger partial charge in [0, 0.05) is 12.6 Å². The van der Waals surface area contributed by atoms with Gasteiger partial charge in [0.15, 0.2) is 0 Å². The van der Waals surface area contributed by atoms with Crippen molar-refractivity contribution in [3.05, 3.63) is 58.4 Å². The highest BCUT2D eigenvalue weighted by Gasteiger charge is 2.26. The third-order valence-electron chi connectivity index (χ3n) is 3.76. The summed E-state index contributed by atoms with van der Waals surface area (Å²) >= 11 is 5.85. The summed E-state index contributed by atoms with van der Waals surface area (Å²) in [6, 6.07) is 8.83. The largest absolute Gasteiger partial charge is 0.495 e. The minimum atomic E-state index is -3.98. The van der Waals surface area contributed by atoms with E-state index in [9.17, 15) is 17.6 Å². The number of nitrogens with zero attached hydrogens (tertiary/aromatic N) is 2. The molecule has 0 unspecified atom stereocenters. The molecule has 0 saturated carbocycles. The summed E-state index contributed by atoms with van der Waals surface area (Å²) in [5, 5.41) is 3.75. The van der Waals surface area contributed by atoms with E-state index in [0.717, 1.165) is 16.1 Å². The van der Waals surface area contributed by atoms with Crippen LogP contribution in [0.15, 0.2) is 46.4 Å². The van der Waals surface area contributed by atoms with Crippen molar-refractivity contribution in [1.29, 1.82) is 0 Å². The third kappa shape index (κ3) is 5.06. The first kappa shape index (κ1) is 21.8. The van der Waals surface area contributed by atoms with Crippen molar-refractivity contribution in [2.45, 2.75) is 11.8 Å². The Kier molecular flexibility index (Phi) is 7.11. The van der Waals surface area contributed by atoms with Crippen LogP contribution < -0.4 is 10.2 Å². The van der Waals surface area contributed by atoms with E-state index in [-0.39, 0.29) is 21.2 Å². The van der Waals surface area contributed by atoms with Gasteiger partial charge in [-0.2, -0.15) is 9.41 Å². The monoisotopic (exact) mass is 427 g/mol. The Labute approximate surface area is 167 Å². The standard InChI is InChI=1S/C18H19ClFN3O4S/c1-12-7-8-16(27-3)17(9-12)28(25,26)23(2)11-18(24)22-21-10-13-14(19)5-4-6-15(13)20/h4-10H,11H2,1-3H3,(H,22,24)/b21-10-. The Bertz CT molecular complexity index is 992. The van der Waals surface area contributed by atoms with Crippen LogP contribution in [0.1, 0.15) is 11.1 Å². The van der Waals surface area contributed by atoms with Crippen LogP contribution in [0.3, 0.4) is 0 Å². The lowest BCUT2D eigenvalue weighted by molar-refractivity contribution is -0.121. The minimum absolute atomic E-state index is 0.00920. The predicted octanol–water partition coefficient (Wildman–Crippen LogP) is 2.57. The SMILES string of the molecule is COc1ccc(C)cc1S(=O)(=O)N(C)CC(=O)N/N=C\c1c(F)cccc1Cl. The van der Waals surface area contributed by atoms with Crippen LogP contribution in [-0.4, -0.2) is 45.5 Å². The summed E-state index contributed by atoms with van der Waals surface area (Å²) in [5.74, 6) is -1.14. The molecule has 0 atom stereocenters. The van der Waals surface area contributed by atoms with E-state index in [0.29, 0.717) is 0 Å². The molecule has 1 N–H and O–H groups in total. The van der Waals surface area contributed by atoms with Gasteiger partial charge >= 0.3 is 0 Å². The Morgan fingerprint density at radius 2 is 2.07 bits per heavy atom. The van der Waals surface area contributed by atoms with Crippen LogP contribution in [0, 0.1) is 12.7 Å². The first-order chi connectivity index (χ1) is 13.2. The Morgan fingerprint density at radius 3 is 2.71 bits per heavy atom. The fourth-order valence-electron chi connectivity index (χ4n) is 2.28. The van der Waals surface area contributed by atoms with Crippen LogP contribution in [-0.2, 0) is 14.8 Å². The van der Waals surface area contributed by atoms with Crippen molar-refractivity contribution in [3.63, 3.8) is 0 Å². The summed E-state index contributed by atoms with van der Waals surface area (Å²) < 4.78 is 45.1. The second-order valence-corrected chi connectivity index (χ2v) is 8.26. The molecule has 0 aliphatic rings. The smallest absolute Gasteiger partial charge is 0.255 e. The zero-order valence-corrected chi connectivity index (χ0v) is 17.0. The first-order valence-electron chi connectivity index (χ1n) is 8.03. The normalized spacial score (nSPS) is 11.8. The number of methoxy groups -OCH3 is 1. The van der Waals surface area contributed by atoms with E-state index in [1.807, 2.05) is 0 Å². The predicted molar refractivity (Wildman–Crippen MR) is 105 cm³/mol. The lowest BCUT2D eigenvalue weighted by Gasteiger charge is -2.18. The van der Waals surface area contributed by atoms with Gasteiger partial charge < -0.3 is 4.74 Å². The fourth-order valence-corrected chi connectivity index (χ4v) is 3.85. The maximum absolute atomic E-state index is 13.6. The molecule has 150 valence electrons. The number of sulfonamides is 1. The lowest BCUT2D eigenvalue weighted by atomic mass is 10.2. The first-order valence-corrected chi connectivity index (χ1v) is 9.85. The molecule has 0 saturated heterocycles. The number of ether oxygens (including phenoxy) is 1. The van der Waals surface area contributed by atoms with Gasteiger partial charge in [0.25, 0.3) is 5.91 Å². The molecule has 0 bridgehead atoms. The molecule has 0 spiro atoms. The summed E-state index contributed by atoms with van der Waals surface area (Å²) in [4.78, 5) is 12.0. The molecule has 2 rings (SSSR count). The number of hydrogen-bond acceptors (Lipinski definition) is 5. The number of hydrazone groups is 1. The molecular formula is C18H19ClFN3O4S. The van der Waals surface area contributed by atoms with Gasteiger partial charge in [0.05, 0.1) is 24.9 Å². The maximum Gasteiger partial charge on any atom is 0.255 e. The second-order valence-electron chi connectivity index (χ2n) is 5.84. The average Bonchev–Trinajstić information content (AvgIpc) is 2.64. The summed E-state index contributed by atoms with van der Waals surface area (Å²) in [7, 11) is -1.36. The van der Waals surface area contributed by atoms with Crippen LogP contribution >= 0.6 is 11.6 Å². The number of nitrogens with one attached hydrogen (secondary N) is 1. The number of carbonyl (C=O) groups is 1. The number of benzene rings is 2. The molecule has 10 heteroatoms. The van der Waals surface area contributed by atoms with Crippen LogP contribution in [0.25, 0.3) is 0 Å². The average molecular weight is 428 g/mol. The Hall–Kier alpha value is -2.49. The highest BCUT2D eigenvalue weighted by Crippen LogP contribution is 2.27. The van der Waals surface area contributed by atoms with Crippen molar-refractivity contribution in [1.82, 2.24) is 9.73 Å². The highest BCUT2D eigenvalue weighted by molar-refractivity contribution is 7.89. The van der Waals surface area contributed by atoms with Crippen molar-refractivity contribution >= 4 is 33.7 Å². The van der Waals surface area contributed by atoms with Crippen molar-refractivity contribution in [2.75, 3.05) is 20.7 Å². The molecule has 0 aromatic heterocycles. The van der Waals surface area contributed by atoms with E-state index < -0.39 is 28.3 Å². The molecule has 0 aliphatic heterocycles. The molecule has 1 amide bonds. The fraction of sp³-hybridized carbons (Fsp3) is 0.222. The summed E-state index contributed by atoms with van der Waals surface area (Å²) in [5.41, 5.74) is 2.88. The van der Waals surface area contributed by atoms with Gasteiger partial charge in [-0.05, 0) is 36.8 Å². The number of aryl methyl sites for hydroxylation is 1. The van der Waals surface area contributed by atoms with Gasteiger partial charge in [-0.15, -0.1) is 0 Å². The van der Waals surface area contributed by atoms with Gasteiger partial charge in [0.2, 0.25) is 10.0 Å². The number of likely N-dealkylation sites (N-methyl/N-ethyl adjacent to an activating group) is 1. The molecular weight excluding hydrogens is 409 g/mol. The topological polar surface area (TPSA) is 88.1 Å². The van der Waals surface area contributed by atoms with Crippen molar-refractivity contribution in [2.24, 2.45) is 5.10 Å². The van der Waals surface area contributed by atoms with Crippen LogP contribution in [0.4, 0.5) is 4.39 Å². The minimum Gasteiger partial charge on any atom is -0.495 e. The van der Waals surface area contributed by atoms with E-state index in [1.165, 1.54) is 38.4 Å². The quantitative estimate of drug-likeness (QED) is 0.543. The van der Waals surface area contributed by atoms with Gasteiger partial charge in [0.1, 0.15) is 16.5 Å². The number of carbonyl (C=O) groups excluding carboxylic acids is 1. The summed E-state index contributed by atoms with van der Waals surface area (Å²) in [6.45, 7) is 1.25. The van der Waals surface area contributed by atoms with E-state index in [1.54, 1.807) is 19.1 Å². The molecule has 0 fully saturated rings. The molecule has 2 aromatic carbocycles. The summed E-state index contributed by atoms with van der Waals surface area (Å²) in [6.07, 6.45) is 1.05. The lowest BCUT2D eigenvalue weighted by Crippen LogP contribution is -2.36. The number of amides is 1. The van der Waals surface area contributed by atoms with E-state index in [2.05, 4.69) is 10.5 Å². The van der Waals surface area contributed by atoms with E-state index >= 15 is 0 Å². The number of rotatable bonds is 7. The maximum atomic E-state index is 13.6. The van der Waals surface area contributed by atoms with Crippen molar-refractivity contribution < 1.29 is 22.3 Å².